The average Bonchev–Trinajstić information content (AvgIpc) is 2.71. The Morgan fingerprint density at radius 3 is 2.78 bits per heavy atom. The van der Waals surface area contributed by atoms with Crippen molar-refractivity contribution in [3.05, 3.63) is 23.9 Å². The molecule has 0 radical (unpaired) electrons. The lowest BCUT2D eigenvalue weighted by Crippen LogP contribution is -2.25. The minimum atomic E-state index is -0.436. The van der Waals surface area contributed by atoms with Gasteiger partial charge >= 0.3 is 0 Å². The van der Waals surface area contributed by atoms with Crippen molar-refractivity contribution in [1.82, 2.24) is 4.98 Å². The third-order valence-corrected chi connectivity index (χ3v) is 4.13. The summed E-state index contributed by atoms with van der Waals surface area (Å²) >= 11 is 0. The minimum Gasteiger partial charge on any atom is -0.367 e. The number of hydrogen-bond donors (Lipinski definition) is 2. The summed E-state index contributed by atoms with van der Waals surface area (Å²) in [5.41, 5.74) is 5.64. The van der Waals surface area contributed by atoms with Crippen molar-refractivity contribution in [2.75, 3.05) is 5.32 Å². The lowest BCUT2D eigenvalue weighted by Gasteiger charge is -2.21. The van der Waals surface area contributed by atoms with Crippen molar-refractivity contribution in [3.63, 3.8) is 0 Å². The van der Waals surface area contributed by atoms with Crippen LogP contribution in [0.25, 0.3) is 0 Å². The zero-order chi connectivity index (χ0) is 13.1. The van der Waals surface area contributed by atoms with E-state index in [9.17, 15) is 4.79 Å². The fraction of sp³-hybridized carbons (Fsp3) is 0.571. The Kier molecular flexibility index (Phi) is 3.84. The monoisotopic (exact) mass is 247 g/mol. The van der Waals surface area contributed by atoms with Crippen LogP contribution in [-0.4, -0.2) is 16.9 Å². The highest BCUT2D eigenvalue weighted by molar-refractivity contribution is 5.92. The third-order valence-electron chi connectivity index (χ3n) is 4.13. The summed E-state index contributed by atoms with van der Waals surface area (Å²) in [6, 6.07) is 4.03. The second-order valence-electron chi connectivity index (χ2n) is 5.15. The van der Waals surface area contributed by atoms with Gasteiger partial charge in [0.15, 0.2) is 0 Å². The van der Waals surface area contributed by atoms with E-state index in [0.717, 1.165) is 11.7 Å². The molecule has 0 saturated heterocycles. The predicted molar refractivity (Wildman–Crippen MR) is 72.3 cm³/mol. The summed E-state index contributed by atoms with van der Waals surface area (Å²) in [6.07, 6.45) is 5.25. The van der Waals surface area contributed by atoms with Crippen LogP contribution in [0, 0.1) is 11.8 Å². The number of amides is 1. The molecule has 18 heavy (non-hydrogen) atoms. The SMILES string of the molecule is CCC1CCC(Nc2ccc(C(N)=O)cn2)C1C. The first-order chi connectivity index (χ1) is 8.61. The summed E-state index contributed by atoms with van der Waals surface area (Å²) in [4.78, 5) is 15.2. The third kappa shape index (κ3) is 2.63. The highest BCUT2D eigenvalue weighted by Crippen LogP contribution is 2.35. The maximum absolute atomic E-state index is 11.0. The Morgan fingerprint density at radius 1 is 1.50 bits per heavy atom. The van der Waals surface area contributed by atoms with Crippen molar-refractivity contribution in [2.24, 2.45) is 17.6 Å². The van der Waals surface area contributed by atoms with E-state index in [4.69, 9.17) is 5.73 Å². The van der Waals surface area contributed by atoms with Crippen LogP contribution in [0.4, 0.5) is 5.82 Å². The van der Waals surface area contributed by atoms with Crippen LogP contribution in [0.2, 0.25) is 0 Å². The molecule has 3 N–H and O–H groups in total. The smallest absolute Gasteiger partial charge is 0.250 e. The molecule has 1 fully saturated rings. The standard InChI is InChI=1S/C14H21N3O/c1-3-10-4-6-12(9(10)2)17-13-7-5-11(8-16-13)14(15)18/h5,7-10,12H,3-4,6H2,1-2H3,(H2,15,18)(H,16,17). The van der Waals surface area contributed by atoms with Crippen molar-refractivity contribution in [3.8, 4) is 0 Å². The number of pyridine rings is 1. The molecule has 98 valence electrons. The lowest BCUT2D eigenvalue weighted by atomic mass is 9.93. The molecule has 1 amide bonds. The molecule has 1 aromatic rings. The number of carbonyl (C=O) groups excluding carboxylic acids is 1. The first-order valence-electron chi connectivity index (χ1n) is 6.64. The van der Waals surface area contributed by atoms with Crippen molar-refractivity contribution in [2.45, 2.75) is 39.2 Å². The fourth-order valence-electron chi connectivity index (χ4n) is 2.84. The van der Waals surface area contributed by atoms with Gasteiger partial charge in [-0.1, -0.05) is 20.3 Å². The van der Waals surface area contributed by atoms with Crippen molar-refractivity contribution < 1.29 is 4.79 Å². The summed E-state index contributed by atoms with van der Waals surface area (Å²) in [5.74, 6) is 1.88. The Morgan fingerprint density at radius 2 is 2.28 bits per heavy atom. The number of aromatic nitrogens is 1. The zero-order valence-corrected chi connectivity index (χ0v) is 11.0. The summed E-state index contributed by atoms with van der Waals surface area (Å²) in [5, 5.41) is 3.46. The van der Waals surface area contributed by atoms with Crippen LogP contribution in [0.15, 0.2) is 18.3 Å². The largest absolute Gasteiger partial charge is 0.367 e. The molecule has 2 rings (SSSR count). The van der Waals surface area contributed by atoms with Gasteiger partial charge < -0.3 is 11.1 Å². The quantitative estimate of drug-likeness (QED) is 0.858. The molecule has 1 aliphatic rings. The number of nitrogens with one attached hydrogen (secondary N) is 1. The molecule has 1 saturated carbocycles. The van der Waals surface area contributed by atoms with E-state index in [1.54, 1.807) is 6.07 Å². The number of carbonyl (C=O) groups is 1. The number of primary amides is 1. The molecule has 1 heterocycles. The highest BCUT2D eigenvalue weighted by atomic mass is 16.1. The lowest BCUT2D eigenvalue weighted by molar-refractivity contribution is 0.1000. The van der Waals surface area contributed by atoms with Crippen LogP contribution in [0.3, 0.4) is 0 Å². The molecule has 0 spiro atoms. The Labute approximate surface area is 108 Å². The van der Waals surface area contributed by atoms with E-state index in [2.05, 4.69) is 24.1 Å². The van der Waals surface area contributed by atoms with Gasteiger partial charge in [0.25, 0.3) is 0 Å². The summed E-state index contributed by atoms with van der Waals surface area (Å²) < 4.78 is 0. The maximum atomic E-state index is 11.0. The number of rotatable bonds is 4. The van der Waals surface area contributed by atoms with E-state index in [0.29, 0.717) is 17.5 Å². The van der Waals surface area contributed by atoms with E-state index >= 15 is 0 Å². The summed E-state index contributed by atoms with van der Waals surface area (Å²) in [6.45, 7) is 4.56. The molecule has 4 heteroatoms. The molecule has 3 unspecified atom stereocenters. The average molecular weight is 247 g/mol. The first-order valence-corrected chi connectivity index (χ1v) is 6.64. The van der Waals surface area contributed by atoms with Gasteiger partial charge in [-0.25, -0.2) is 4.98 Å². The molecule has 4 nitrogen and oxygen atoms in total. The Hall–Kier alpha value is -1.58. The molecule has 3 atom stereocenters. The minimum absolute atomic E-state index is 0.436. The normalized spacial score (nSPS) is 27.1. The number of anilines is 1. The fourth-order valence-corrected chi connectivity index (χ4v) is 2.84. The molecule has 1 aliphatic carbocycles. The van der Waals surface area contributed by atoms with Gasteiger partial charge in [0.2, 0.25) is 5.91 Å². The topological polar surface area (TPSA) is 68.0 Å². The number of nitrogens with zero attached hydrogens (tertiary/aromatic N) is 1. The molecule has 0 bridgehead atoms. The van der Waals surface area contributed by atoms with Crippen molar-refractivity contribution >= 4 is 11.7 Å². The van der Waals surface area contributed by atoms with E-state index in [-0.39, 0.29) is 0 Å². The van der Waals surface area contributed by atoms with E-state index in [1.165, 1.54) is 25.5 Å². The predicted octanol–water partition coefficient (Wildman–Crippen LogP) is 2.42. The van der Waals surface area contributed by atoms with Gasteiger partial charge in [-0.15, -0.1) is 0 Å². The van der Waals surface area contributed by atoms with Crippen LogP contribution < -0.4 is 11.1 Å². The highest BCUT2D eigenvalue weighted by Gasteiger charge is 2.31. The molecule has 1 aromatic heterocycles. The summed E-state index contributed by atoms with van der Waals surface area (Å²) in [7, 11) is 0. The Bertz CT molecular complexity index is 416. The molecular formula is C14H21N3O. The van der Waals surface area contributed by atoms with Gasteiger partial charge in [-0.2, -0.15) is 0 Å². The van der Waals surface area contributed by atoms with E-state index in [1.807, 2.05) is 6.07 Å². The molecule has 0 aliphatic heterocycles. The second kappa shape index (κ2) is 5.38. The number of nitrogens with two attached hydrogens (primary N) is 1. The molecule has 0 aromatic carbocycles. The van der Waals surface area contributed by atoms with Crippen LogP contribution in [-0.2, 0) is 0 Å². The van der Waals surface area contributed by atoms with Crippen LogP contribution in [0.1, 0.15) is 43.5 Å². The molecular weight excluding hydrogens is 226 g/mol. The van der Waals surface area contributed by atoms with Crippen molar-refractivity contribution in [1.29, 1.82) is 0 Å². The van der Waals surface area contributed by atoms with Gasteiger partial charge in [-0.3, -0.25) is 4.79 Å². The van der Waals surface area contributed by atoms with Crippen LogP contribution in [0.5, 0.6) is 0 Å². The van der Waals surface area contributed by atoms with Crippen LogP contribution >= 0.6 is 0 Å². The van der Waals surface area contributed by atoms with Gasteiger partial charge in [0.05, 0.1) is 5.56 Å². The number of hydrogen-bond acceptors (Lipinski definition) is 3. The second-order valence-corrected chi connectivity index (χ2v) is 5.15. The van der Waals surface area contributed by atoms with E-state index < -0.39 is 5.91 Å². The van der Waals surface area contributed by atoms with Gasteiger partial charge in [0, 0.05) is 12.2 Å². The zero-order valence-electron chi connectivity index (χ0n) is 11.0. The first kappa shape index (κ1) is 12.9. The Balaban J connectivity index is 2.00. The van der Waals surface area contributed by atoms with Gasteiger partial charge in [0.1, 0.15) is 5.82 Å². The van der Waals surface area contributed by atoms with Gasteiger partial charge in [-0.05, 0) is 36.8 Å². The maximum Gasteiger partial charge on any atom is 0.250 e.